The summed E-state index contributed by atoms with van der Waals surface area (Å²) >= 11 is 30.2. The number of alkyl halides is 4. The van der Waals surface area contributed by atoms with Crippen molar-refractivity contribution in [2.24, 2.45) is 11.8 Å². The zero-order valence-corrected chi connectivity index (χ0v) is 48.6. The lowest BCUT2D eigenvalue weighted by Gasteiger charge is -2.33. The maximum absolute atomic E-state index is 13.1. The Balaban J connectivity index is 0.000000307. The Kier molecular flexibility index (Phi) is 24.6. The average Bonchev–Trinajstić information content (AvgIpc) is 2.26. The summed E-state index contributed by atoms with van der Waals surface area (Å²) in [5.74, 6) is -1.23. The van der Waals surface area contributed by atoms with E-state index in [2.05, 4.69) is 29.2 Å². The van der Waals surface area contributed by atoms with Crippen LogP contribution in [0.3, 0.4) is 0 Å². The molecule has 24 nitrogen and oxygen atoms in total. The molecule has 2 aliphatic rings. The van der Waals surface area contributed by atoms with Crippen LogP contribution in [-0.2, 0) is 38.1 Å². The van der Waals surface area contributed by atoms with Gasteiger partial charge in [-0.2, -0.15) is 19.6 Å². The fraction of sp³-hybridized carbons (Fsp3) is 0.319. The van der Waals surface area contributed by atoms with Gasteiger partial charge in [-0.1, -0.05) is 53.8 Å². The van der Waals surface area contributed by atoms with Gasteiger partial charge in [0.2, 0.25) is 10.0 Å². The first-order chi connectivity index (χ1) is 38.5. The Bertz CT molecular complexity index is 3850. The van der Waals surface area contributed by atoms with Gasteiger partial charge < -0.3 is 28.4 Å². The summed E-state index contributed by atoms with van der Waals surface area (Å²) in [5, 5.41) is 5.99. The van der Waals surface area contributed by atoms with E-state index in [1.165, 1.54) is 58.8 Å². The maximum atomic E-state index is 13.1. The third-order valence-corrected chi connectivity index (χ3v) is 16.0. The van der Waals surface area contributed by atoms with Gasteiger partial charge in [-0.05, 0) is 86.0 Å². The Hall–Kier alpha value is -6.55. The van der Waals surface area contributed by atoms with Gasteiger partial charge in [0.1, 0.15) is 32.8 Å². The second kappa shape index (κ2) is 29.5. The number of hydrogen-bond acceptors (Lipinski definition) is 19. The lowest BCUT2D eigenvalue weighted by Crippen LogP contribution is -2.46. The largest absolute Gasteiger partial charge is 0.495 e. The monoisotopic (exact) mass is 1350 g/mol. The number of aromatic nitrogens is 6. The molecule has 6 aromatic rings. The normalized spacial score (nSPS) is 16.1. The number of carbonyl (C=O) groups excluding carboxylic acids is 2. The fourth-order valence-electron chi connectivity index (χ4n) is 7.49. The van der Waals surface area contributed by atoms with Crippen LogP contribution in [0.5, 0.6) is 34.5 Å². The Morgan fingerprint density at radius 2 is 0.976 bits per heavy atom. The van der Waals surface area contributed by atoms with Crippen LogP contribution in [0.15, 0.2) is 89.6 Å². The summed E-state index contributed by atoms with van der Waals surface area (Å²) in [7, 11) is 2.29. The number of esters is 2. The molecule has 2 fully saturated rings. The second-order valence-electron chi connectivity index (χ2n) is 17.0. The van der Waals surface area contributed by atoms with Gasteiger partial charge in [0.15, 0.2) is 22.9 Å². The van der Waals surface area contributed by atoms with Crippen molar-refractivity contribution < 1.29 is 77.1 Å². The van der Waals surface area contributed by atoms with Crippen LogP contribution >= 0.6 is 68.9 Å². The van der Waals surface area contributed by atoms with Crippen molar-refractivity contribution in [3.05, 3.63) is 134 Å². The molecule has 0 aliphatic heterocycles. The van der Waals surface area contributed by atoms with E-state index in [0.29, 0.717) is 15.4 Å². The number of H-pyrrole nitrogens is 2. The SMILES string of the molecule is C.COC(=O)C1CC(NCl)C1.COC(=O)C1CC(NS(=O)(=O)c2cc(Oc3c(Cl)cc(-n4nc(C(F)F)c(=O)[nH]c4=O)cc3Cl)ccc2OC)C1.COc1ccc(Oc2c(Cl)cc(-n3nc(C(F)F)c(=O)[nH]c3=O)cc2Cl)cc1S(=O)(=O)Cl.F. The van der Waals surface area contributed by atoms with Crippen LogP contribution < -0.4 is 51.0 Å². The molecular weight excluding hydrogens is 1300 g/mol. The molecule has 2 aliphatic carbocycles. The molecule has 0 saturated heterocycles. The standard InChI is InChI=1S/C23H20Cl2F2N4O8S.C17H10Cl3F2N3O6S.C6H10ClNO2.CH4.FH/c1-37-16-4-3-13(9-17(16)40(35,36)30-11-5-10(6-11)22(33)38-2)39-19-14(24)7-12(8-15(19)25)31-23(34)28-21(32)18(29-31)20(26)27;1-30-11-3-2-8(6-12(11)32(20,28)29)31-14-9(18)4-7(5-10(14)19)25-17(27)23-16(26)13(24-25)15(21)22;1-10-6(9)4-2-5(3-4)8-7;;/h3-4,7-11,20,30H,5-6H2,1-2H3,(H,28,32,34);2-6,15H,1H3,(H,23,26,27);4-5,8H,2-3H2,1H3;1H4;1H. The van der Waals surface area contributed by atoms with E-state index >= 15 is 0 Å². The number of rotatable bonds is 17. The highest BCUT2D eigenvalue weighted by atomic mass is 35.7. The summed E-state index contributed by atoms with van der Waals surface area (Å²) in [4.78, 5) is 75.0. The van der Waals surface area contributed by atoms with Crippen molar-refractivity contribution in [2.45, 2.75) is 67.8 Å². The first-order valence-corrected chi connectivity index (χ1v) is 28.4. The molecule has 0 amide bonds. The smallest absolute Gasteiger partial charge is 0.349 e. The predicted molar refractivity (Wildman–Crippen MR) is 296 cm³/mol. The number of benzene rings is 4. The molecule has 2 aromatic heterocycles. The molecule has 458 valence electrons. The third kappa shape index (κ3) is 16.7. The molecule has 0 radical (unpaired) electrons. The van der Waals surface area contributed by atoms with Crippen molar-refractivity contribution in [2.75, 3.05) is 28.4 Å². The van der Waals surface area contributed by atoms with Crippen LogP contribution in [0.1, 0.15) is 57.3 Å². The molecule has 0 spiro atoms. The summed E-state index contributed by atoms with van der Waals surface area (Å²) in [6.45, 7) is 0. The number of carbonyl (C=O) groups is 2. The molecule has 4 aromatic carbocycles. The number of sulfonamides is 1. The fourth-order valence-corrected chi connectivity index (χ4v) is 11.2. The number of ether oxygens (including phenoxy) is 6. The van der Waals surface area contributed by atoms with Gasteiger partial charge in [-0.3, -0.25) is 33.9 Å². The van der Waals surface area contributed by atoms with Crippen LogP contribution in [0.2, 0.25) is 20.1 Å². The first kappa shape index (κ1) is 69.9. The third-order valence-electron chi connectivity index (χ3n) is 11.7. The summed E-state index contributed by atoms with van der Waals surface area (Å²) in [6, 6.07) is 11.9. The number of aromatic amines is 2. The van der Waals surface area contributed by atoms with Crippen LogP contribution in [0.4, 0.5) is 22.3 Å². The van der Waals surface area contributed by atoms with Crippen LogP contribution in [0.25, 0.3) is 11.4 Å². The van der Waals surface area contributed by atoms with Crippen LogP contribution in [0, 0.1) is 11.8 Å². The minimum Gasteiger partial charge on any atom is -0.495 e. The van der Waals surface area contributed by atoms with Crippen molar-refractivity contribution in [1.82, 2.24) is 39.1 Å². The number of hydrogen-bond donors (Lipinski definition) is 4. The van der Waals surface area contributed by atoms with E-state index in [-0.39, 0.29) is 113 Å². The molecule has 0 unspecified atom stereocenters. The van der Waals surface area contributed by atoms with E-state index in [9.17, 15) is 63.2 Å². The maximum Gasteiger partial charge on any atom is 0.349 e. The van der Waals surface area contributed by atoms with Gasteiger partial charge in [-0.25, -0.2) is 53.5 Å². The second-order valence-corrected chi connectivity index (χ2v) is 23.0. The topological polar surface area (TPSA) is 317 Å². The molecule has 84 heavy (non-hydrogen) atoms. The summed E-state index contributed by atoms with van der Waals surface area (Å²) in [6.07, 6.45) is -4.34. The minimum atomic E-state index is -4.18. The molecule has 4 N–H and O–H groups in total. The van der Waals surface area contributed by atoms with Gasteiger partial charge in [0.25, 0.3) is 33.0 Å². The van der Waals surface area contributed by atoms with E-state index < -0.39 is 83.7 Å². The molecule has 0 bridgehead atoms. The highest BCUT2D eigenvalue weighted by Crippen LogP contribution is 2.42. The summed E-state index contributed by atoms with van der Waals surface area (Å²) in [5.41, 5.74) is -7.55. The molecule has 0 atom stereocenters. The number of methoxy groups -OCH3 is 4. The zero-order valence-electron chi connectivity index (χ0n) is 42.4. The lowest BCUT2D eigenvalue weighted by atomic mass is 9.81. The molecular formula is C47H45Cl6F5N8O16S2. The van der Waals surface area contributed by atoms with Crippen molar-refractivity contribution in [3.8, 4) is 45.9 Å². The minimum absolute atomic E-state index is 0. The number of nitrogens with zero attached hydrogens (tertiary/aromatic N) is 4. The Morgan fingerprint density at radius 1 is 0.619 bits per heavy atom. The lowest BCUT2D eigenvalue weighted by molar-refractivity contribution is -0.149. The van der Waals surface area contributed by atoms with Crippen LogP contribution in [-0.4, -0.2) is 98.8 Å². The number of halogens is 11. The molecule has 8 rings (SSSR count). The van der Waals surface area contributed by atoms with E-state index in [0.717, 1.165) is 43.2 Å². The van der Waals surface area contributed by atoms with E-state index in [1.807, 2.05) is 0 Å². The van der Waals surface area contributed by atoms with Gasteiger partial charge in [-0.15, -0.1) is 0 Å². The van der Waals surface area contributed by atoms with Crippen molar-refractivity contribution in [1.29, 1.82) is 0 Å². The van der Waals surface area contributed by atoms with Crippen molar-refractivity contribution in [3.63, 3.8) is 0 Å². The zero-order chi connectivity index (χ0) is 60.7. The van der Waals surface area contributed by atoms with E-state index in [4.69, 9.17) is 87.8 Å². The number of nitrogens with one attached hydrogen (secondary N) is 4. The molecule has 37 heteroatoms. The summed E-state index contributed by atoms with van der Waals surface area (Å²) < 4.78 is 136. The Labute approximate surface area is 501 Å². The quantitative estimate of drug-likeness (QED) is 0.0287. The van der Waals surface area contributed by atoms with Gasteiger partial charge in [0.05, 0.1) is 71.7 Å². The molecule has 2 saturated carbocycles. The highest BCUT2D eigenvalue weighted by molar-refractivity contribution is 8.13. The predicted octanol–water partition coefficient (Wildman–Crippen LogP) is 8.56. The van der Waals surface area contributed by atoms with E-state index in [1.54, 1.807) is 9.97 Å². The van der Waals surface area contributed by atoms with Gasteiger partial charge >= 0.3 is 23.3 Å². The first-order valence-electron chi connectivity index (χ1n) is 22.8. The highest BCUT2D eigenvalue weighted by Gasteiger charge is 2.39. The Morgan fingerprint density at radius 3 is 1.31 bits per heavy atom. The van der Waals surface area contributed by atoms with Gasteiger partial charge in [0, 0.05) is 34.9 Å². The van der Waals surface area contributed by atoms with Crippen molar-refractivity contribution >= 4 is 99.9 Å². The molecule has 2 heterocycles. The average molecular weight is 1350 g/mol.